The third-order valence-electron chi connectivity index (χ3n) is 2.94. The summed E-state index contributed by atoms with van der Waals surface area (Å²) in [7, 11) is 0. The van der Waals surface area contributed by atoms with Gasteiger partial charge in [0.1, 0.15) is 0 Å². The van der Waals surface area contributed by atoms with Gasteiger partial charge in [-0.3, -0.25) is 0 Å². The predicted molar refractivity (Wildman–Crippen MR) is 53.8 cm³/mol. The summed E-state index contributed by atoms with van der Waals surface area (Å²) in [4.78, 5) is 0. The molecule has 1 unspecified atom stereocenters. The summed E-state index contributed by atoms with van der Waals surface area (Å²) < 4.78 is 0. The molecular formula is C11H22N. The van der Waals surface area contributed by atoms with Gasteiger partial charge in [0.15, 0.2) is 0 Å². The average molecular weight is 168 g/mol. The van der Waals surface area contributed by atoms with Crippen molar-refractivity contribution in [3.8, 4) is 0 Å². The molecule has 0 aromatic heterocycles. The Balaban J connectivity index is 2.15. The van der Waals surface area contributed by atoms with Crippen molar-refractivity contribution in [2.75, 3.05) is 0 Å². The third kappa shape index (κ3) is 3.14. The van der Waals surface area contributed by atoms with E-state index >= 15 is 0 Å². The fourth-order valence-corrected chi connectivity index (χ4v) is 2.07. The molecule has 0 amide bonds. The van der Waals surface area contributed by atoms with Crippen molar-refractivity contribution in [3.05, 3.63) is 6.54 Å². The van der Waals surface area contributed by atoms with Crippen molar-refractivity contribution in [1.82, 2.24) is 5.32 Å². The lowest BCUT2D eigenvalue weighted by atomic mass is 9.84. The zero-order chi connectivity index (χ0) is 8.81. The van der Waals surface area contributed by atoms with E-state index in [4.69, 9.17) is 0 Å². The third-order valence-corrected chi connectivity index (χ3v) is 2.94. The molecule has 1 aliphatic carbocycles. The molecule has 1 fully saturated rings. The summed E-state index contributed by atoms with van der Waals surface area (Å²) in [6, 6.07) is 0.699. The molecule has 12 heavy (non-hydrogen) atoms. The van der Waals surface area contributed by atoms with Crippen molar-refractivity contribution >= 4 is 0 Å². The SMILES string of the molecule is CC[CH]NC(C)C1CCCCC1. The Morgan fingerprint density at radius 2 is 2.00 bits per heavy atom. The van der Waals surface area contributed by atoms with Gasteiger partial charge in [-0.1, -0.05) is 26.2 Å². The van der Waals surface area contributed by atoms with Gasteiger partial charge in [0.25, 0.3) is 0 Å². The second-order valence-corrected chi connectivity index (χ2v) is 3.97. The van der Waals surface area contributed by atoms with Crippen LogP contribution in [0.25, 0.3) is 0 Å². The van der Waals surface area contributed by atoms with Crippen LogP contribution in [0.1, 0.15) is 52.4 Å². The quantitative estimate of drug-likeness (QED) is 0.680. The Hall–Kier alpha value is -0.0400. The van der Waals surface area contributed by atoms with Crippen LogP contribution in [0.2, 0.25) is 0 Å². The maximum atomic E-state index is 3.48. The molecule has 1 radical (unpaired) electrons. The van der Waals surface area contributed by atoms with Gasteiger partial charge in [-0.05, 0) is 32.1 Å². The maximum Gasteiger partial charge on any atom is 0.0221 e. The molecule has 0 heterocycles. The number of hydrogen-bond donors (Lipinski definition) is 1. The summed E-state index contributed by atoms with van der Waals surface area (Å²) in [6.07, 6.45) is 8.36. The van der Waals surface area contributed by atoms with E-state index in [9.17, 15) is 0 Å². The fraction of sp³-hybridized carbons (Fsp3) is 0.909. The lowest BCUT2D eigenvalue weighted by molar-refractivity contribution is 0.290. The molecule has 0 spiro atoms. The van der Waals surface area contributed by atoms with Crippen LogP contribution in [0, 0.1) is 12.5 Å². The monoisotopic (exact) mass is 168 g/mol. The predicted octanol–water partition coefficient (Wildman–Crippen LogP) is 3.12. The first-order chi connectivity index (χ1) is 5.84. The van der Waals surface area contributed by atoms with Gasteiger partial charge in [-0.2, -0.15) is 0 Å². The van der Waals surface area contributed by atoms with Crippen LogP contribution < -0.4 is 5.32 Å². The van der Waals surface area contributed by atoms with Crippen molar-refractivity contribution < 1.29 is 0 Å². The van der Waals surface area contributed by atoms with E-state index in [1.165, 1.54) is 32.1 Å². The van der Waals surface area contributed by atoms with E-state index in [0.29, 0.717) is 6.04 Å². The van der Waals surface area contributed by atoms with Crippen LogP contribution in [-0.2, 0) is 0 Å². The molecule has 1 rings (SSSR count). The molecule has 0 aromatic rings. The summed E-state index contributed by atoms with van der Waals surface area (Å²) in [5.41, 5.74) is 0. The molecular weight excluding hydrogens is 146 g/mol. The standard InChI is InChI=1S/C11H22N/c1-3-9-12-10(2)11-7-5-4-6-8-11/h9-12H,3-8H2,1-2H3. The average Bonchev–Trinajstić information content (AvgIpc) is 2.15. The van der Waals surface area contributed by atoms with Crippen molar-refractivity contribution in [2.24, 2.45) is 5.92 Å². The summed E-state index contributed by atoms with van der Waals surface area (Å²) in [5, 5.41) is 3.48. The Labute approximate surface area is 76.9 Å². The normalized spacial score (nSPS) is 22.5. The van der Waals surface area contributed by atoms with Crippen molar-refractivity contribution in [3.63, 3.8) is 0 Å². The first-order valence-electron chi connectivity index (χ1n) is 5.42. The smallest absolute Gasteiger partial charge is 0.0221 e. The lowest BCUT2D eigenvalue weighted by Gasteiger charge is -2.28. The molecule has 0 aliphatic heterocycles. The number of hydrogen-bond acceptors (Lipinski definition) is 1. The highest BCUT2D eigenvalue weighted by Crippen LogP contribution is 2.26. The second-order valence-electron chi connectivity index (χ2n) is 3.97. The largest absolute Gasteiger partial charge is 0.310 e. The second kappa shape index (κ2) is 5.58. The fourth-order valence-electron chi connectivity index (χ4n) is 2.07. The summed E-state index contributed by atoms with van der Waals surface area (Å²) in [6.45, 7) is 6.70. The van der Waals surface area contributed by atoms with Gasteiger partial charge in [0, 0.05) is 12.6 Å². The number of nitrogens with one attached hydrogen (secondary N) is 1. The molecule has 1 aliphatic rings. The minimum absolute atomic E-state index is 0.699. The van der Waals surface area contributed by atoms with E-state index in [2.05, 4.69) is 25.7 Å². The van der Waals surface area contributed by atoms with Crippen molar-refractivity contribution in [1.29, 1.82) is 0 Å². The highest BCUT2D eigenvalue weighted by Gasteiger charge is 2.18. The van der Waals surface area contributed by atoms with E-state index < -0.39 is 0 Å². The molecule has 1 saturated carbocycles. The molecule has 1 N–H and O–H groups in total. The first-order valence-corrected chi connectivity index (χ1v) is 5.42. The van der Waals surface area contributed by atoms with Crippen LogP contribution in [0.15, 0.2) is 0 Å². The van der Waals surface area contributed by atoms with Crippen LogP contribution in [0.5, 0.6) is 0 Å². The molecule has 0 aromatic carbocycles. The lowest BCUT2D eigenvalue weighted by Crippen LogP contribution is -2.32. The Bertz CT molecular complexity index is 106. The summed E-state index contributed by atoms with van der Waals surface area (Å²) in [5.74, 6) is 0.932. The molecule has 0 bridgehead atoms. The molecule has 71 valence electrons. The zero-order valence-corrected chi connectivity index (χ0v) is 8.47. The van der Waals surface area contributed by atoms with Gasteiger partial charge < -0.3 is 5.32 Å². The highest BCUT2D eigenvalue weighted by molar-refractivity contribution is 4.78. The van der Waals surface area contributed by atoms with E-state index in [0.717, 1.165) is 12.3 Å². The van der Waals surface area contributed by atoms with Crippen LogP contribution in [-0.4, -0.2) is 6.04 Å². The van der Waals surface area contributed by atoms with Gasteiger partial charge in [-0.25, -0.2) is 0 Å². The van der Waals surface area contributed by atoms with Gasteiger partial charge in [0.05, 0.1) is 0 Å². The Morgan fingerprint density at radius 1 is 1.33 bits per heavy atom. The highest BCUT2D eigenvalue weighted by atomic mass is 14.9. The molecule has 1 atom stereocenters. The van der Waals surface area contributed by atoms with E-state index in [1.807, 2.05) is 0 Å². The Morgan fingerprint density at radius 3 is 2.58 bits per heavy atom. The Kier molecular flexibility index (Phi) is 4.67. The molecule has 0 saturated heterocycles. The topological polar surface area (TPSA) is 12.0 Å². The van der Waals surface area contributed by atoms with Crippen LogP contribution >= 0.6 is 0 Å². The summed E-state index contributed by atoms with van der Waals surface area (Å²) >= 11 is 0. The minimum atomic E-state index is 0.699. The van der Waals surface area contributed by atoms with Gasteiger partial charge in [-0.15, -0.1) is 0 Å². The zero-order valence-electron chi connectivity index (χ0n) is 8.47. The maximum absolute atomic E-state index is 3.48. The molecule has 1 nitrogen and oxygen atoms in total. The first kappa shape index (κ1) is 10.0. The van der Waals surface area contributed by atoms with Gasteiger partial charge in [0.2, 0.25) is 0 Å². The van der Waals surface area contributed by atoms with E-state index in [1.54, 1.807) is 0 Å². The van der Waals surface area contributed by atoms with E-state index in [-0.39, 0.29) is 0 Å². The van der Waals surface area contributed by atoms with Crippen LogP contribution in [0.4, 0.5) is 0 Å². The number of rotatable bonds is 4. The molecule has 1 heteroatoms. The van der Waals surface area contributed by atoms with Crippen molar-refractivity contribution in [2.45, 2.75) is 58.4 Å². The van der Waals surface area contributed by atoms with Crippen LogP contribution in [0.3, 0.4) is 0 Å². The minimum Gasteiger partial charge on any atom is -0.310 e. The van der Waals surface area contributed by atoms with Gasteiger partial charge >= 0.3 is 0 Å².